The summed E-state index contributed by atoms with van der Waals surface area (Å²) in [5.41, 5.74) is 7.69. The second-order valence-electron chi connectivity index (χ2n) is 6.61. The van der Waals surface area contributed by atoms with Gasteiger partial charge in [-0.2, -0.15) is 0 Å². The molecule has 1 aliphatic heterocycles. The van der Waals surface area contributed by atoms with Gasteiger partial charge in [-0.05, 0) is 30.9 Å². The summed E-state index contributed by atoms with van der Waals surface area (Å²) < 4.78 is 14.3. The van der Waals surface area contributed by atoms with Gasteiger partial charge >= 0.3 is 0 Å². The maximum absolute atomic E-state index is 14.3. The lowest BCUT2D eigenvalue weighted by Crippen LogP contribution is -2.48. The van der Waals surface area contributed by atoms with Crippen LogP contribution in [-0.4, -0.2) is 43.7 Å². The molecule has 2 N–H and O–H groups in total. The number of rotatable bonds is 5. The Bertz CT molecular complexity index is 451. The summed E-state index contributed by atoms with van der Waals surface area (Å²) in [7, 11) is 0. The first kappa shape index (κ1) is 16.2. The monoisotopic (exact) mass is 293 g/mol. The first-order valence-corrected chi connectivity index (χ1v) is 7.97. The van der Waals surface area contributed by atoms with Crippen LogP contribution in [0.15, 0.2) is 18.2 Å². The molecule has 1 atom stereocenters. The van der Waals surface area contributed by atoms with E-state index in [1.807, 2.05) is 13.0 Å². The van der Waals surface area contributed by atoms with Crippen LogP contribution in [0.2, 0.25) is 0 Å². The molecule has 1 heterocycles. The molecule has 1 unspecified atom stereocenters. The first-order chi connectivity index (χ1) is 9.97. The zero-order valence-electron chi connectivity index (χ0n) is 13.5. The normalized spacial score (nSPS) is 18.3. The van der Waals surface area contributed by atoms with E-state index >= 15 is 0 Å². The summed E-state index contributed by atoms with van der Waals surface area (Å²) in [5, 5.41) is 0. The van der Waals surface area contributed by atoms with Gasteiger partial charge in [0.05, 0.1) is 5.69 Å². The predicted octanol–water partition coefficient (Wildman–Crippen LogP) is 2.49. The van der Waals surface area contributed by atoms with Crippen molar-refractivity contribution in [1.82, 2.24) is 4.90 Å². The number of hydrogen-bond donors (Lipinski definition) is 1. The van der Waals surface area contributed by atoms with Crippen LogP contribution in [0, 0.1) is 11.7 Å². The van der Waals surface area contributed by atoms with Gasteiger partial charge in [0.15, 0.2) is 0 Å². The number of anilines is 1. The van der Waals surface area contributed by atoms with E-state index in [1.54, 1.807) is 12.1 Å². The highest BCUT2D eigenvalue weighted by molar-refractivity contribution is 5.55. The number of benzene rings is 1. The zero-order chi connectivity index (χ0) is 15.4. The van der Waals surface area contributed by atoms with Crippen molar-refractivity contribution in [3.8, 4) is 0 Å². The molecular formula is C17H28FN3. The number of halogens is 1. The summed E-state index contributed by atoms with van der Waals surface area (Å²) in [5.74, 6) is 0.559. The first-order valence-electron chi connectivity index (χ1n) is 7.97. The van der Waals surface area contributed by atoms with Crippen LogP contribution < -0.4 is 10.6 Å². The SMILES string of the molecule is CC(C)CN1CCN(c2c(F)cccc2CC(C)N)CC1. The van der Waals surface area contributed by atoms with Crippen LogP contribution >= 0.6 is 0 Å². The third-order valence-electron chi connectivity index (χ3n) is 3.92. The summed E-state index contributed by atoms with van der Waals surface area (Å²) in [6.07, 6.45) is 0.722. The number of nitrogens with zero attached hydrogens (tertiary/aromatic N) is 2. The zero-order valence-corrected chi connectivity index (χ0v) is 13.5. The highest BCUT2D eigenvalue weighted by Crippen LogP contribution is 2.26. The third kappa shape index (κ3) is 4.42. The van der Waals surface area contributed by atoms with Crippen molar-refractivity contribution < 1.29 is 4.39 Å². The van der Waals surface area contributed by atoms with Gasteiger partial charge in [-0.25, -0.2) is 4.39 Å². The predicted molar refractivity (Wildman–Crippen MR) is 87.2 cm³/mol. The van der Waals surface area contributed by atoms with Gasteiger partial charge in [0, 0.05) is 38.8 Å². The molecule has 0 aliphatic carbocycles. The van der Waals surface area contributed by atoms with E-state index in [2.05, 4.69) is 23.6 Å². The van der Waals surface area contributed by atoms with Gasteiger partial charge in [0.1, 0.15) is 5.82 Å². The molecule has 1 fully saturated rings. The Labute approximate surface area is 127 Å². The van der Waals surface area contributed by atoms with E-state index in [1.165, 1.54) is 0 Å². The average Bonchev–Trinajstić information content (AvgIpc) is 2.39. The Kier molecular flexibility index (Phi) is 5.59. The van der Waals surface area contributed by atoms with Crippen LogP contribution in [0.3, 0.4) is 0 Å². The van der Waals surface area contributed by atoms with Crippen molar-refractivity contribution in [3.63, 3.8) is 0 Å². The number of piperazine rings is 1. The molecule has 21 heavy (non-hydrogen) atoms. The van der Waals surface area contributed by atoms with E-state index in [4.69, 9.17) is 5.73 Å². The van der Waals surface area contributed by atoms with Crippen molar-refractivity contribution in [3.05, 3.63) is 29.6 Å². The number of nitrogens with two attached hydrogens (primary N) is 1. The van der Waals surface area contributed by atoms with Gasteiger partial charge in [0.2, 0.25) is 0 Å². The molecular weight excluding hydrogens is 265 g/mol. The van der Waals surface area contributed by atoms with Crippen LogP contribution in [0.5, 0.6) is 0 Å². The summed E-state index contributed by atoms with van der Waals surface area (Å²) in [4.78, 5) is 4.65. The van der Waals surface area contributed by atoms with Crippen molar-refractivity contribution in [1.29, 1.82) is 0 Å². The molecule has 1 aromatic carbocycles. The topological polar surface area (TPSA) is 32.5 Å². The van der Waals surface area contributed by atoms with E-state index in [0.717, 1.165) is 50.4 Å². The lowest BCUT2D eigenvalue weighted by atomic mass is 10.0. The van der Waals surface area contributed by atoms with Crippen LogP contribution in [-0.2, 0) is 6.42 Å². The fraction of sp³-hybridized carbons (Fsp3) is 0.647. The minimum atomic E-state index is -0.120. The minimum absolute atomic E-state index is 0.0489. The van der Waals surface area contributed by atoms with E-state index < -0.39 is 0 Å². The number of hydrogen-bond acceptors (Lipinski definition) is 3. The Morgan fingerprint density at radius 2 is 1.81 bits per heavy atom. The fourth-order valence-corrected chi connectivity index (χ4v) is 3.10. The summed E-state index contributed by atoms with van der Waals surface area (Å²) >= 11 is 0. The Morgan fingerprint density at radius 1 is 1.14 bits per heavy atom. The Morgan fingerprint density at radius 3 is 2.38 bits per heavy atom. The van der Waals surface area contributed by atoms with Gasteiger partial charge in [0.25, 0.3) is 0 Å². The molecule has 0 amide bonds. The molecule has 0 radical (unpaired) electrons. The van der Waals surface area contributed by atoms with Crippen LogP contribution in [0.1, 0.15) is 26.3 Å². The molecule has 4 heteroatoms. The van der Waals surface area contributed by atoms with Gasteiger partial charge in [-0.1, -0.05) is 26.0 Å². The second-order valence-corrected chi connectivity index (χ2v) is 6.61. The van der Waals surface area contributed by atoms with E-state index in [-0.39, 0.29) is 11.9 Å². The van der Waals surface area contributed by atoms with E-state index in [9.17, 15) is 4.39 Å². The summed E-state index contributed by atoms with van der Waals surface area (Å²) in [6, 6.07) is 5.39. The Hall–Kier alpha value is -1.13. The van der Waals surface area contributed by atoms with Crippen molar-refractivity contribution in [2.75, 3.05) is 37.6 Å². The lowest BCUT2D eigenvalue weighted by Gasteiger charge is -2.38. The van der Waals surface area contributed by atoms with Crippen molar-refractivity contribution >= 4 is 5.69 Å². The van der Waals surface area contributed by atoms with Crippen LogP contribution in [0.25, 0.3) is 0 Å². The highest BCUT2D eigenvalue weighted by Gasteiger charge is 2.22. The number of para-hydroxylation sites is 1. The van der Waals surface area contributed by atoms with Gasteiger partial charge in [-0.3, -0.25) is 4.90 Å². The highest BCUT2D eigenvalue weighted by atomic mass is 19.1. The third-order valence-corrected chi connectivity index (χ3v) is 3.92. The van der Waals surface area contributed by atoms with Gasteiger partial charge < -0.3 is 10.6 Å². The van der Waals surface area contributed by atoms with E-state index in [0.29, 0.717) is 5.92 Å². The molecule has 0 aromatic heterocycles. The summed E-state index contributed by atoms with van der Waals surface area (Å²) in [6.45, 7) is 11.4. The maximum atomic E-state index is 14.3. The molecule has 0 spiro atoms. The molecule has 0 saturated carbocycles. The lowest BCUT2D eigenvalue weighted by molar-refractivity contribution is 0.230. The molecule has 3 nitrogen and oxygen atoms in total. The van der Waals surface area contributed by atoms with Crippen molar-refractivity contribution in [2.45, 2.75) is 33.2 Å². The largest absolute Gasteiger partial charge is 0.366 e. The molecule has 1 saturated heterocycles. The molecule has 118 valence electrons. The maximum Gasteiger partial charge on any atom is 0.146 e. The smallest absolute Gasteiger partial charge is 0.146 e. The average molecular weight is 293 g/mol. The van der Waals surface area contributed by atoms with Crippen LogP contribution in [0.4, 0.5) is 10.1 Å². The minimum Gasteiger partial charge on any atom is -0.366 e. The molecule has 1 aromatic rings. The van der Waals surface area contributed by atoms with Crippen molar-refractivity contribution in [2.24, 2.45) is 11.7 Å². The van der Waals surface area contributed by atoms with Gasteiger partial charge in [-0.15, -0.1) is 0 Å². The quantitative estimate of drug-likeness (QED) is 0.905. The molecule has 0 bridgehead atoms. The molecule has 2 rings (SSSR count). The Balaban J connectivity index is 2.09. The molecule has 1 aliphatic rings. The standard InChI is InChI=1S/C17H28FN3/c1-13(2)12-20-7-9-21(10-8-20)17-15(11-14(3)19)5-4-6-16(17)18/h4-6,13-14H,7-12,19H2,1-3H3. The second kappa shape index (κ2) is 7.23. The fourth-order valence-electron chi connectivity index (χ4n) is 3.10.